The van der Waals surface area contributed by atoms with Crippen molar-refractivity contribution in [1.82, 2.24) is 0 Å². The quantitative estimate of drug-likeness (QED) is 0.599. The molecular weight excluding hydrogens is 385 g/mol. The Morgan fingerprint density at radius 1 is 1.00 bits per heavy atom. The molecule has 1 N–H and O–H groups in total. The number of hydrogen-bond donors (Lipinski definition) is 1. The second-order valence-corrected chi connectivity index (χ2v) is 7.25. The van der Waals surface area contributed by atoms with Crippen LogP contribution >= 0.6 is 23.2 Å². The fourth-order valence-electron chi connectivity index (χ4n) is 2.74. The van der Waals surface area contributed by atoms with Crippen LogP contribution in [0.2, 0.25) is 10.0 Å². The Morgan fingerprint density at radius 2 is 1.59 bits per heavy atom. The summed E-state index contributed by atoms with van der Waals surface area (Å²) in [7, 11) is 0. The van der Waals surface area contributed by atoms with Gasteiger partial charge in [0, 0.05) is 0 Å². The van der Waals surface area contributed by atoms with Crippen molar-refractivity contribution in [1.29, 1.82) is 0 Å². The van der Waals surface area contributed by atoms with Crippen molar-refractivity contribution in [2.24, 2.45) is 5.92 Å². The van der Waals surface area contributed by atoms with Crippen LogP contribution in [0.5, 0.6) is 0 Å². The zero-order valence-corrected chi connectivity index (χ0v) is 17.1. The predicted octanol–water partition coefficient (Wildman–Crippen LogP) is 5.69. The maximum atomic E-state index is 12.8. The van der Waals surface area contributed by atoms with Crippen molar-refractivity contribution in [3.8, 4) is 0 Å². The minimum absolute atomic E-state index is 0.0770. The third-order valence-electron chi connectivity index (χ3n) is 4.50. The highest BCUT2D eigenvalue weighted by Crippen LogP contribution is 2.31. The van der Waals surface area contributed by atoms with Gasteiger partial charge in [0.2, 0.25) is 0 Å². The van der Waals surface area contributed by atoms with Crippen LogP contribution in [0.3, 0.4) is 0 Å². The topological polar surface area (TPSA) is 55.4 Å². The lowest BCUT2D eigenvalue weighted by Crippen LogP contribution is -2.33. The number of para-hydroxylation sites is 1. The first-order valence-corrected chi connectivity index (χ1v) is 9.61. The van der Waals surface area contributed by atoms with Gasteiger partial charge in [0.15, 0.2) is 6.10 Å². The highest BCUT2D eigenvalue weighted by molar-refractivity contribution is 6.39. The Morgan fingerprint density at radius 3 is 2.15 bits per heavy atom. The smallest absolute Gasteiger partial charge is 0.314 e. The molecule has 0 fully saturated rings. The molecule has 6 heteroatoms. The molecule has 2 rings (SSSR count). The number of hydrogen-bond acceptors (Lipinski definition) is 3. The number of benzene rings is 2. The van der Waals surface area contributed by atoms with E-state index in [4.69, 9.17) is 27.9 Å². The molecule has 0 heterocycles. The number of rotatable bonds is 7. The van der Waals surface area contributed by atoms with E-state index in [0.717, 1.165) is 12.0 Å². The average Bonchev–Trinajstić information content (AvgIpc) is 2.65. The van der Waals surface area contributed by atoms with E-state index in [2.05, 4.69) is 5.32 Å². The standard InChI is InChI=1S/C21H23Cl2NO3/c1-4-13(2)18(15-9-6-5-7-10-15)21(26)27-14(3)20(25)24-19-16(22)11-8-12-17(19)23/h5-14,18H,4H2,1-3H3,(H,24,25)/t13-,14+,18-/m1/s1. The molecule has 3 atom stereocenters. The largest absolute Gasteiger partial charge is 0.452 e. The van der Waals surface area contributed by atoms with Crippen molar-refractivity contribution >= 4 is 40.8 Å². The van der Waals surface area contributed by atoms with Crippen molar-refractivity contribution in [2.75, 3.05) is 5.32 Å². The van der Waals surface area contributed by atoms with Gasteiger partial charge in [-0.05, 0) is 30.5 Å². The van der Waals surface area contributed by atoms with Gasteiger partial charge < -0.3 is 10.1 Å². The summed E-state index contributed by atoms with van der Waals surface area (Å²) in [6.45, 7) is 5.53. The molecule has 0 bridgehead atoms. The van der Waals surface area contributed by atoms with Crippen LogP contribution in [0.4, 0.5) is 5.69 Å². The van der Waals surface area contributed by atoms with E-state index >= 15 is 0 Å². The van der Waals surface area contributed by atoms with Gasteiger partial charge in [-0.3, -0.25) is 9.59 Å². The fourth-order valence-corrected chi connectivity index (χ4v) is 3.23. The zero-order valence-electron chi connectivity index (χ0n) is 15.5. The number of halogens is 2. The van der Waals surface area contributed by atoms with Crippen molar-refractivity contribution in [3.63, 3.8) is 0 Å². The molecule has 0 saturated heterocycles. The molecule has 0 aliphatic heterocycles. The fraction of sp³-hybridized carbons (Fsp3) is 0.333. The average molecular weight is 408 g/mol. The van der Waals surface area contributed by atoms with Gasteiger partial charge in [0.05, 0.1) is 21.7 Å². The predicted molar refractivity (Wildman–Crippen MR) is 109 cm³/mol. The first kappa shape index (κ1) is 21.3. The SMILES string of the molecule is CC[C@@H](C)[C@@H](C(=O)O[C@@H](C)C(=O)Nc1c(Cl)cccc1Cl)c1ccccc1. The lowest BCUT2D eigenvalue weighted by atomic mass is 9.85. The van der Waals surface area contributed by atoms with E-state index in [-0.39, 0.29) is 5.92 Å². The summed E-state index contributed by atoms with van der Waals surface area (Å²) < 4.78 is 5.47. The molecule has 0 aliphatic rings. The summed E-state index contributed by atoms with van der Waals surface area (Å²) in [5.41, 5.74) is 1.17. The monoisotopic (exact) mass is 407 g/mol. The number of nitrogens with one attached hydrogen (secondary N) is 1. The maximum Gasteiger partial charge on any atom is 0.314 e. The molecule has 2 aromatic carbocycles. The van der Waals surface area contributed by atoms with Crippen LogP contribution in [0.1, 0.15) is 38.7 Å². The number of carbonyl (C=O) groups is 2. The molecule has 0 aromatic heterocycles. The minimum Gasteiger partial charge on any atom is -0.452 e. The summed E-state index contributed by atoms with van der Waals surface area (Å²) in [6, 6.07) is 14.4. The van der Waals surface area contributed by atoms with Crippen molar-refractivity contribution < 1.29 is 14.3 Å². The van der Waals surface area contributed by atoms with Crippen molar-refractivity contribution in [2.45, 2.75) is 39.2 Å². The van der Waals surface area contributed by atoms with Crippen LogP contribution in [0.15, 0.2) is 48.5 Å². The Bertz CT molecular complexity index is 775. The molecule has 144 valence electrons. The summed E-state index contributed by atoms with van der Waals surface area (Å²) >= 11 is 12.1. The molecule has 2 aromatic rings. The number of esters is 1. The van der Waals surface area contributed by atoms with E-state index < -0.39 is 23.9 Å². The summed E-state index contributed by atoms with van der Waals surface area (Å²) in [5, 5.41) is 3.26. The van der Waals surface area contributed by atoms with E-state index in [9.17, 15) is 9.59 Å². The van der Waals surface area contributed by atoms with E-state index in [1.54, 1.807) is 18.2 Å². The molecule has 0 aliphatic carbocycles. The van der Waals surface area contributed by atoms with Crippen LogP contribution in [0, 0.1) is 5.92 Å². The maximum absolute atomic E-state index is 12.8. The Hall–Kier alpha value is -2.04. The van der Waals surface area contributed by atoms with E-state index in [1.807, 2.05) is 44.2 Å². The van der Waals surface area contributed by atoms with E-state index in [0.29, 0.717) is 15.7 Å². The third kappa shape index (κ3) is 5.47. The highest BCUT2D eigenvalue weighted by atomic mass is 35.5. The lowest BCUT2D eigenvalue weighted by Gasteiger charge is -2.24. The van der Waals surface area contributed by atoms with Crippen LogP contribution in [-0.2, 0) is 14.3 Å². The van der Waals surface area contributed by atoms with Gasteiger partial charge >= 0.3 is 5.97 Å². The molecule has 4 nitrogen and oxygen atoms in total. The Labute approximate surface area is 169 Å². The van der Waals surface area contributed by atoms with Crippen LogP contribution < -0.4 is 5.32 Å². The van der Waals surface area contributed by atoms with Gasteiger partial charge in [-0.1, -0.05) is 79.9 Å². The minimum atomic E-state index is -0.986. The first-order chi connectivity index (χ1) is 12.8. The molecule has 0 saturated carbocycles. The third-order valence-corrected chi connectivity index (χ3v) is 5.13. The van der Waals surface area contributed by atoms with Crippen LogP contribution in [-0.4, -0.2) is 18.0 Å². The Balaban J connectivity index is 2.11. The molecule has 0 spiro atoms. The zero-order chi connectivity index (χ0) is 20.0. The molecule has 27 heavy (non-hydrogen) atoms. The van der Waals surface area contributed by atoms with Gasteiger partial charge in [-0.25, -0.2) is 0 Å². The highest BCUT2D eigenvalue weighted by Gasteiger charge is 2.30. The number of ether oxygens (including phenoxy) is 1. The van der Waals surface area contributed by atoms with Gasteiger partial charge in [-0.15, -0.1) is 0 Å². The molecule has 0 radical (unpaired) electrons. The molecular formula is C21H23Cl2NO3. The Kier molecular flexibility index (Phi) is 7.69. The number of amides is 1. The lowest BCUT2D eigenvalue weighted by molar-refractivity contribution is -0.155. The molecule has 0 unspecified atom stereocenters. The summed E-state index contributed by atoms with van der Waals surface area (Å²) in [4.78, 5) is 25.2. The second-order valence-electron chi connectivity index (χ2n) is 6.44. The normalized spacial score (nSPS) is 14.1. The van der Waals surface area contributed by atoms with Gasteiger partial charge in [0.1, 0.15) is 0 Å². The van der Waals surface area contributed by atoms with E-state index in [1.165, 1.54) is 6.92 Å². The number of carbonyl (C=O) groups excluding carboxylic acids is 2. The second kappa shape index (κ2) is 9.77. The number of anilines is 1. The summed E-state index contributed by atoms with van der Waals surface area (Å²) in [6.07, 6.45) is -0.176. The van der Waals surface area contributed by atoms with Crippen molar-refractivity contribution in [3.05, 3.63) is 64.1 Å². The van der Waals surface area contributed by atoms with Crippen LogP contribution in [0.25, 0.3) is 0 Å². The van der Waals surface area contributed by atoms with Gasteiger partial charge in [0.25, 0.3) is 5.91 Å². The van der Waals surface area contributed by atoms with Gasteiger partial charge in [-0.2, -0.15) is 0 Å². The first-order valence-electron chi connectivity index (χ1n) is 8.85. The summed E-state index contributed by atoms with van der Waals surface area (Å²) in [5.74, 6) is -1.28. The molecule has 1 amide bonds.